The molecule has 10 nitrogen and oxygen atoms in total. The summed E-state index contributed by atoms with van der Waals surface area (Å²) in [6.45, 7) is 7.40. The van der Waals surface area contributed by atoms with Crippen LogP contribution in [0.25, 0.3) is 11.1 Å². The van der Waals surface area contributed by atoms with Crippen LogP contribution in [0.15, 0.2) is 83.7 Å². The Morgan fingerprint density at radius 3 is 2.11 bits per heavy atom. The molecular formula is C35H42N6O4S. The Kier molecular flexibility index (Phi) is 11.9. The summed E-state index contributed by atoms with van der Waals surface area (Å²) in [7, 11) is 3.93. The van der Waals surface area contributed by atoms with Gasteiger partial charge in [0.1, 0.15) is 11.3 Å². The van der Waals surface area contributed by atoms with E-state index in [-0.39, 0.29) is 11.7 Å². The lowest BCUT2D eigenvalue weighted by molar-refractivity contribution is 0.0635. The molecular weight excluding hydrogens is 600 g/mol. The highest BCUT2D eigenvalue weighted by Gasteiger charge is 2.19. The first kappa shape index (κ1) is 34.1. The largest absolute Gasteiger partial charge is 0.444 e. The molecule has 242 valence electrons. The first-order chi connectivity index (χ1) is 22.0. The molecule has 0 aliphatic heterocycles. The number of anilines is 2. The summed E-state index contributed by atoms with van der Waals surface area (Å²) in [4.78, 5) is 46.4. The zero-order valence-corrected chi connectivity index (χ0v) is 27.8. The molecule has 0 fully saturated rings. The molecule has 0 aliphatic carbocycles. The molecule has 11 heteroatoms. The second kappa shape index (κ2) is 16.0. The second-order valence-electron chi connectivity index (χ2n) is 12.1. The van der Waals surface area contributed by atoms with Crippen LogP contribution in [0.4, 0.5) is 21.0 Å². The van der Waals surface area contributed by atoms with E-state index >= 15 is 0 Å². The van der Waals surface area contributed by atoms with Crippen LogP contribution in [0.1, 0.15) is 42.4 Å². The van der Waals surface area contributed by atoms with Gasteiger partial charge in [-0.3, -0.25) is 15.1 Å². The van der Waals surface area contributed by atoms with Crippen molar-refractivity contribution in [2.45, 2.75) is 39.3 Å². The van der Waals surface area contributed by atoms with Crippen molar-refractivity contribution in [1.82, 2.24) is 20.1 Å². The lowest BCUT2D eigenvalue weighted by atomic mass is 10.0. The van der Waals surface area contributed by atoms with Gasteiger partial charge in [0, 0.05) is 43.1 Å². The van der Waals surface area contributed by atoms with Gasteiger partial charge in [-0.1, -0.05) is 60.7 Å². The Labute approximate surface area is 274 Å². The van der Waals surface area contributed by atoms with Crippen molar-refractivity contribution in [3.63, 3.8) is 0 Å². The van der Waals surface area contributed by atoms with Gasteiger partial charge in [0.25, 0.3) is 5.91 Å². The Balaban J connectivity index is 1.31. The van der Waals surface area contributed by atoms with E-state index in [9.17, 15) is 14.4 Å². The van der Waals surface area contributed by atoms with E-state index in [1.54, 1.807) is 54.8 Å². The molecule has 4 amide bonds. The first-order valence-electron chi connectivity index (χ1n) is 15.1. The van der Waals surface area contributed by atoms with Crippen LogP contribution in [0.5, 0.6) is 0 Å². The van der Waals surface area contributed by atoms with Crippen LogP contribution in [0.2, 0.25) is 0 Å². The molecule has 3 N–H and O–H groups in total. The van der Waals surface area contributed by atoms with Crippen molar-refractivity contribution in [1.29, 1.82) is 0 Å². The number of benzene rings is 2. The predicted octanol–water partition coefficient (Wildman–Crippen LogP) is 6.73. The van der Waals surface area contributed by atoms with Gasteiger partial charge in [0.2, 0.25) is 0 Å². The molecule has 0 atom stereocenters. The van der Waals surface area contributed by atoms with Crippen LogP contribution >= 0.6 is 11.3 Å². The number of nitrogens with zero attached hydrogens (tertiary/aromatic N) is 3. The van der Waals surface area contributed by atoms with Crippen molar-refractivity contribution in [3.05, 3.63) is 101 Å². The topological polar surface area (TPSA) is 116 Å². The molecule has 2 aromatic carbocycles. The van der Waals surface area contributed by atoms with E-state index in [0.29, 0.717) is 44.0 Å². The maximum Gasteiger partial charge on any atom is 0.412 e. The van der Waals surface area contributed by atoms with E-state index in [4.69, 9.17) is 4.74 Å². The molecule has 4 aromatic rings. The average molecular weight is 643 g/mol. The summed E-state index contributed by atoms with van der Waals surface area (Å²) in [6, 6.07) is 21.9. The van der Waals surface area contributed by atoms with Gasteiger partial charge < -0.3 is 25.2 Å². The van der Waals surface area contributed by atoms with Crippen LogP contribution in [0, 0.1) is 0 Å². The molecule has 0 saturated carbocycles. The van der Waals surface area contributed by atoms with E-state index in [1.165, 1.54) is 16.9 Å². The van der Waals surface area contributed by atoms with E-state index in [2.05, 4.69) is 57.3 Å². The van der Waals surface area contributed by atoms with E-state index < -0.39 is 17.6 Å². The third-order valence-electron chi connectivity index (χ3n) is 6.83. The molecule has 0 saturated heterocycles. The molecule has 0 aliphatic rings. The minimum atomic E-state index is -0.645. The van der Waals surface area contributed by atoms with Crippen molar-refractivity contribution >= 4 is 40.7 Å². The molecule has 0 spiro atoms. The summed E-state index contributed by atoms with van der Waals surface area (Å²) < 4.78 is 5.30. The van der Waals surface area contributed by atoms with Gasteiger partial charge in [-0.05, 0) is 69.6 Å². The second-order valence-corrected chi connectivity index (χ2v) is 12.8. The molecule has 2 aromatic heterocycles. The summed E-state index contributed by atoms with van der Waals surface area (Å²) in [5.74, 6) is -0.420. The fourth-order valence-electron chi connectivity index (χ4n) is 4.46. The minimum Gasteiger partial charge on any atom is -0.444 e. The Hall–Kier alpha value is -4.74. The average Bonchev–Trinajstić information content (AvgIpc) is 3.44. The van der Waals surface area contributed by atoms with Crippen LogP contribution in [0.3, 0.4) is 0 Å². The zero-order chi connectivity index (χ0) is 33.1. The Morgan fingerprint density at radius 2 is 1.48 bits per heavy atom. The molecule has 0 radical (unpaired) electrons. The number of nitrogens with one attached hydrogen (secondary N) is 3. The van der Waals surface area contributed by atoms with Crippen molar-refractivity contribution in [2.75, 3.05) is 44.4 Å². The van der Waals surface area contributed by atoms with Gasteiger partial charge in [0.15, 0.2) is 0 Å². The number of likely N-dealkylation sites (N-methyl/N-ethyl adjacent to an activating group) is 1. The quantitative estimate of drug-likeness (QED) is 0.158. The van der Waals surface area contributed by atoms with Gasteiger partial charge in [-0.2, -0.15) is 0 Å². The summed E-state index contributed by atoms with van der Waals surface area (Å²) in [5.41, 5.74) is 4.73. The van der Waals surface area contributed by atoms with Crippen LogP contribution in [-0.4, -0.2) is 72.1 Å². The number of hydrogen-bond donors (Lipinski definition) is 3. The van der Waals surface area contributed by atoms with Crippen molar-refractivity contribution < 1.29 is 19.1 Å². The van der Waals surface area contributed by atoms with Crippen LogP contribution < -0.4 is 16.0 Å². The first-order valence-corrected chi connectivity index (χ1v) is 16.1. The number of aromatic nitrogens is 1. The molecule has 46 heavy (non-hydrogen) atoms. The highest BCUT2D eigenvalue weighted by Crippen LogP contribution is 2.27. The Morgan fingerprint density at radius 1 is 0.826 bits per heavy atom. The van der Waals surface area contributed by atoms with Crippen molar-refractivity contribution in [2.24, 2.45) is 0 Å². The summed E-state index contributed by atoms with van der Waals surface area (Å²) in [6.07, 6.45) is 1.71. The molecule has 4 rings (SSSR count). The fourth-order valence-corrected chi connectivity index (χ4v) is 5.17. The summed E-state index contributed by atoms with van der Waals surface area (Å²) >= 11 is 1.33. The van der Waals surface area contributed by atoms with E-state index in [1.807, 2.05) is 37.2 Å². The zero-order valence-electron chi connectivity index (χ0n) is 27.0. The van der Waals surface area contributed by atoms with Gasteiger partial charge in [-0.15, -0.1) is 11.3 Å². The number of urea groups is 1. The minimum absolute atomic E-state index is 0.160. The lowest BCUT2D eigenvalue weighted by Gasteiger charge is -2.25. The number of carbonyl (C=O) groups is 3. The van der Waals surface area contributed by atoms with E-state index in [0.717, 1.165) is 16.7 Å². The molecule has 0 unspecified atom stereocenters. The predicted molar refractivity (Wildman–Crippen MR) is 184 cm³/mol. The number of thiophene rings is 1. The smallest absolute Gasteiger partial charge is 0.412 e. The molecule has 2 heterocycles. The normalized spacial score (nSPS) is 11.2. The third kappa shape index (κ3) is 10.7. The number of pyridine rings is 1. The van der Waals surface area contributed by atoms with Crippen molar-refractivity contribution in [3.8, 4) is 11.1 Å². The standard InChI is InChI=1S/C35H42N6O4S/c1-35(2,3)45-34(44)39-31-24-46-23-30(31)38-32(42)29-16-13-26(21-37-29)22-41(20-19-40(4)5)33(43)36-18-17-25-11-14-28(15-12-25)27-9-7-6-8-10-27/h6-16,21,23-24H,17-20,22H2,1-5H3,(H,36,43)(H,38,42)(H,39,44). The number of carbonyl (C=O) groups excluding carboxylic acids is 3. The van der Waals surface area contributed by atoms with Crippen LogP contribution in [-0.2, 0) is 17.7 Å². The van der Waals surface area contributed by atoms with Gasteiger partial charge in [0.05, 0.1) is 11.4 Å². The third-order valence-corrected chi connectivity index (χ3v) is 7.58. The number of rotatable bonds is 12. The fraction of sp³-hybridized carbons (Fsp3) is 0.314. The number of hydrogen-bond acceptors (Lipinski definition) is 7. The number of ether oxygens (including phenoxy) is 1. The monoisotopic (exact) mass is 642 g/mol. The lowest BCUT2D eigenvalue weighted by Crippen LogP contribution is -2.43. The maximum atomic E-state index is 13.2. The SMILES string of the molecule is CN(C)CCN(Cc1ccc(C(=O)Nc2cscc2NC(=O)OC(C)(C)C)nc1)C(=O)NCCc1ccc(-c2ccccc2)cc1. The maximum absolute atomic E-state index is 13.2. The van der Waals surface area contributed by atoms with Gasteiger partial charge in [-0.25, -0.2) is 9.59 Å². The van der Waals surface area contributed by atoms with Gasteiger partial charge >= 0.3 is 12.1 Å². The summed E-state index contributed by atoms with van der Waals surface area (Å²) in [5, 5.41) is 11.9. The molecule has 0 bridgehead atoms. The highest BCUT2D eigenvalue weighted by atomic mass is 32.1. The number of amides is 4. The Bertz CT molecular complexity index is 1580. The highest BCUT2D eigenvalue weighted by molar-refractivity contribution is 7.09.